The highest BCUT2D eigenvalue weighted by molar-refractivity contribution is 5.82. The third-order valence-corrected chi connectivity index (χ3v) is 2.15. The first-order chi connectivity index (χ1) is 8.84. The molecule has 7 nitrogen and oxygen atoms in total. The fourth-order valence-electron chi connectivity index (χ4n) is 1.23. The molecule has 2 amide bonds. The average molecular weight is 296 g/mol. The van der Waals surface area contributed by atoms with Gasteiger partial charge in [0.05, 0.1) is 12.5 Å². The monoisotopic (exact) mass is 296 g/mol. The van der Waals surface area contributed by atoms with Crippen LogP contribution in [0.1, 0.15) is 47.0 Å². The van der Waals surface area contributed by atoms with E-state index in [9.17, 15) is 14.4 Å². The number of likely N-dealkylation sites (N-methyl/N-ethyl adjacent to an activating group) is 1. The molecule has 0 bridgehead atoms. The van der Waals surface area contributed by atoms with Gasteiger partial charge in [-0.2, -0.15) is 0 Å². The van der Waals surface area contributed by atoms with Gasteiger partial charge in [0.2, 0.25) is 11.8 Å². The summed E-state index contributed by atoms with van der Waals surface area (Å²) < 4.78 is 0. The van der Waals surface area contributed by atoms with E-state index >= 15 is 0 Å². The van der Waals surface area contributed by atoms with Crippen molar-refractivity contribution in [3.63, 3.8) is 0 Å². The van der Waals surface area contributed by atoms with Crippen LogP contribution in [0.15, 0.2) is 0 Å². The Balaban J connectivity index is -0.000000508. The quantitative estimate of drug-likeness (QED) is 0.383. The number of aliphatic carboxylic acids is 1. The van der Waals surface area contributed by atoms with Crippen LogP contribution in [0.4, 0.5) is 0 Å². The first-order valence-corrected chi connectivity index (χ1v) is 6.27. The lowest BCUT2D eigenvalue weighted by molar-refractivity contribution is -0.137. The van der Waals surface area contributed by atoms with Crippen molar-refractivity contribution in [2.75, 3.05) is 13.6 Å². The predicted molar refractivity (Wildman–Crippen MR) is 79.2 cm³/mol. The van der Waals surface area contributed by atoms with Crippen LogP contribution in [-0.4, -0.2) is 42.5 Å². The fourth-order valence-corrected chi connectivity index (χ4v) is 1.23. The van der Waals surface area contributed by atoms with Crippen molar-refractivity contribution < 1.29 is 19.5 Å². The van der Waals surface area contributed by atoms with Gasteiger partial charge in [-0.3, -0.25) is 14.4 Å². The zero-order valence-corrected chi connectivity index (χ0v) is 11.9. The number of amides is 2. The Morgan fingerprint density at radius 3 is 2.15 bits per heavy atom. The van der Waals surface area contributed by atoms with E-state index in [4.69, 9.17) is 5.11 Å². The Morgan fingerprint density at radius 1 is 1.30 bits per heavy atom. The summed E-state index contributed by atoms with van der Waals surface area (Å²) in [7, 11) is 1.73. The van der Waals surface area contributed by atoms with Crippen molar-refractivity contribution in [3.05, 3.63) is 0 Å². The molecule has 0 aliphatic heterocycles. The smallest absolute Gasteiger partial charge is 0.305 e. The number of carbonyl (C=O) groups is 3. The largest absolute Gasteiger partial charge is 0.481 e. The van der Waals surface area contributed by atoms with E-state index < -0.39 is 5.97 Å². The summed E-state index contributed by atoms with van der Waals surface area (Å²) in [5.41, 5.74) is 4.47. The molecule has 5 N–H and O–H groups in total. The molecule has 0 radical (unpaired) electrons. The van der Waals surface area contributed by atoms with Gasteiger partial charge in [0.25, 0.3) is 0 Å². The minimum absolute atomic E-state index is 0. The average Bonchev–Trinajstić information content (AvgIpc) is 2.28. The SMILES string of the molecule is C[13C](N)=O.[13CH3]CCCC([15NH][13CH3])C(=O)NCCC(=O)O.[13CH4]. The van der Waals surface area contributed by atoms with Crippen molar-refractivity contribution in [2.24, 2.45) is 5.73 Å². The number of nitrogens with two attached hydrogens (primary N) is 1. The first-order valence-electron chi connectivity index (χ1n) is 6.27. The molecular formula is C13H29N3O4. The number of hydrogen-bond donors (Lipinski definition) is 4. The molecule has 7 heteroatoms. The molecule has 0 aromatic rings. The third kappa shape index (κ3) is 18.7. The minimum Gasteiger partial charge on any atom is -0.481 e. The van der Waals surface area contributed by atoms with Crippen molar-refractivity contribution >= 4 is 17.8 Å². The van der Waals surface area contributed by atoms with Crippen LogP contribution in [0.25, 0.3) is 0 Å². The highest BCUT2D eigenvalue weighted by atomic mass is 16.4. The molecule has 0 fully saturated rings. The van der Waals surface area contributed by atoms with Crippen LogP contribution < -0.4 is 16.4 Å². The van der Waals surface area contributed by atoms with Crippen molar-refractivity contribution in [2.45, 2.75) is 53.0 Å². The molecule has 0 heterocycles. The Labute approximate surface area is 121 Å². The van der Waals surface area contributed by atoms with Crippen molar-refractivity contribution in [3.8, 4) is 0 Å². The minimum atomic E-state index is -0.898. The van der Waals surface area contributed by atoms with Gasteiger partial charge in [-0.25, -0.2) is 0 Å². The van der Waals surface area contributed by atoms with Gasteiger partial charge < -0.3 is 21.5 Å². The Morgan fingerprint density at radius 2 is 1.80 bits per heavy atom. The molecule has 0 saturated heterocycles. The van der Waals surface area contributed by atoms with Crippen LogP contribution >= 0.6 is 0 Å². The second kappa shape index (κ2) is 15.4. The number of nitrogens with one attached hydrogen (secondary N) is 2. The van der Waals surface area contributed by atoms with Gasteiger partial charge >= 0.3 is 5.97 Å². The molecule has 0 aromatic heterocycles. The second-order valence-corrected chi connectivity index (χ2v) is 4.03. The summed E-state index contributed by atoms with van der Waals surface area (Å²) in [5.74, 6) is -1.35. The molecule has 0 spiro atoms. The van der Waals surface area contributed by atoms with Gasteiger partial charge in [0.1, 0.15) is 0 Å². The number of hydrogen-bond acceptors (Lipinski definition) is 4. The van der Waals surface area contributed by atoms with Crippen LogP contribution in [-0.2, 0) is 14.4 Å². The number of carboxylic acid groups (broad SMARTS) is 1. The Hall–Kier alpha value is -1.63. The standard InChI is InChI=1S/C10H20N2O3.C2H5NO.CH4/c1-3-4-5-8(11-2)10(15)12-7-6-9(13)14;1-2(3)4;/h8,11H,3-7H2,1-2H3,(H,12,15)(H,13,14);1H3,(H2,3,4);1H4/i1+1,2+1,11+1;2+1;1+1. The normalized spacial score (nSPS) is 10.3. The molecule has 0 aliphatic rings. The molecule has 120 valence electrons. The molecule has 0 rings (SSSR count). The van der Waals surface area contributed by atoms with Gasteiger partial charge in [-0.1, -0.05) is 27.2 Å². The zero-order valence-electron chi connectivity index (χ0n) is 11.9. The number of rotatable bonds is 8. The first kappa shape index (κ1) is 23.5. The summed E-state index contributed by atoms with van der Waals surface area (Å²) in [4.78, 5) is 30.9. The van der Waals surface area contributed by atoms with E-state index in [2.05, 4.69) is 23.3 Å². The maximum Gasteiger partial charge on any atom is 0.305 e. The van der Waals surface area contributed by atoms with Gasteiger partial charge in [-0.05, 0) is 13.5 Å². The van der Waals surface area contributed by atoms with E-state index in [-0.39, 0.29) is 38.2 Å². The summed E-state index contributed by atoms with van der Waals surface area (Å²) in [6, 6.07) is -0.209. The summed E-state index contributed by atoms with van der Waals surface area (Å²) in [5, 5.41) is 13.9. The van der Waals surface area contributed by atoms with Gasteiger partial charge in [0, 0.05) is 13.5 Å². The molecular weight excluding hydrogens is 267 g/mol. The Kier molecular flexibility index (Phi) is 18.1. The van der Waals surface area contributed by atoms with Crippen molar-refractivity contribution in [1.82, 2.24) is 10.6 Å². The number of carbonyl (C=O) groups excluding carboxylic acids is 2. The molecule has 1 unspecified atom stereocenters. The summed E-state index contributed by atoms with van der Waals surface area (Å²) >= 11 is 0. The third-order valence-electron chi connectivity index (χ3n) is 2.15. The van der Waals surface area contributed by atoms with E-state index in [1.165, 1.54) is 6.92 Å². The number of primary amides is 1. The van der Waals surface area contributed by atoms with Crippen LogP contribution in [0, 0.1) is 0 Å². The lowest BCUT2D eigenvalue weighted by atomic mass is 10.1. The maximum atomic E-state index is 11.5. The topological polar surface area (TPSA) is 122 Å². The van der Waals surface area contributed by atoms with E-state index in [0.29, 0.717) is 0 Å². The summed E-state index contributed by atoms with van der Waals surface area (Å²) in [6.07, 6.45) is 2.78. The van der Waals surface area contributed by atoms with E-state index in [1.54, 1.807) is 7.05 Å². The van der Waals surface area contributed by atoms with Gasteiger partial charge in [-0.15, -0.1) is 0 Å². The molecule has 0 aromatic carbocycles. The number of unbranched alkanes of at least 4 members (excludes halogenated alkanes) is 1. The van der Waals surface area contributed by atoms with E-state index in [0.717, 1.165) is 19.3 Å². The van der Waals surface area contributed by atoms with Crippen LogP contribution in [0.2, 0.25) is 0 Å². The molecule has 0 aliphatic carbocycles. The van der Waals surface area contributed by atoms with Gasteiger partial charge in [0.15, 0.2) is 0 Å². The summed E-state index contributed by atoms with van der Waals surface area (Å²) in [6.45, 7) is 3.56. The van der Waals surface area contributed by atoms with Crippen molar-refractivity contribution in [1.29, 1.82) is 0 Å². The Bertz CT molecular complexity index is 279. The highest BCUT2D eigenvalue weighted by Crippen LogP contribution is 2.00. The fraction of sp³-hybridized carbons (Fsp3) is 0.769. The highest BCUT2D eigenvalue weighted by Gasteiger charge is 2.14. The lowest BCUT2D eigenvalue weighted by Gasteiger charge is -2.14. The molecule has 20 heavy (non-hydrogen) atoms. The lowest BCUT2D eigenvalue weighted by Crippen LogP contribution is -2.43. The predicted octanol–water partition coefficient (Wildman–Crippen LogP) is 0.483. The number of carboxylic acids is 1. The molecule has 1 atom stereocenters. The second-order valence-electron chi connectivity index (χ2n) is 4.03. The zero-order chi connectivity index (χ0) is 15.3. The van der Waals surface area contributed by atoms with Crippen LogP contribution in [0.3, 0.4) is 0 Å². The van der Waals surface area contributed by atoms with E-state index in [1.807, 2.05) is 0 Å². The van der Waals surface area contributed by atoms with Crippen LogP contribution in [0.5, 0.6) is 0 Å². The molecule has 0 saturated carbocycles. The maximum absolute atomic E-state index is 11.5.